The molecule has 0 aliphatic heterocycles. The van der Waals surface area contributed by atoms with Crippen molar-refractivity contribution < 1.29 is 9.52 Å². The quantitative estimate of drug-likeness (QED) is 0.496. The minimum absolute atomic E-state index is 0.0644. The zero-order valence-electron chi connectivity index (χ0n) is 6.52. The van der Waals surface area contributed by atoms with Crippen LogP contribution in [0.25, 0.3) is 11.0 Å². The average molecular weight is 194 g/mol. The van der Waals surface area contributed by atoms with Crippen LogP contribution in [0, 0.1) is 0 Å². The standard InChI is InChI=1S/C9H6O3S/c10-5-1-2-6-7(3-5)12-9(11)4-8(6)13/h1-4,10,13H. The van der Waals surface area contributed by atoms with Gasteiger partial charge in [0.2, 0.25) is 0 Å². The molecule has 0 unspecified atom stereocenters. The van der Waals surface area contributed by atoms with Crippen molar-refractivity contribution in [2.45, 2.75) is 4.90 Å². The van der Waals surface area contributed by atoms with Gasteiger partial charge in [-0.25, -0.2) is 4.79 Å². The van der Waals surface area contributed by atoms with Crippen molar-refractivity contribution in [3.05, 3.63) is 34.7 Å². The molecule has 1 aromatic heterocycles. The normalized spacial score (nSPS) is 10.5. The number of phenolic OH excluding ortho intramolecular Hbond substituents is 1. The van der Waals surface area contributed by atoms with Gasteiger partial charge in [0.15, 0.2) is 0 Å². The van der Waals surface area contributed by atoms with E-state index in [9.17, 15) is 4.79 Å². The molecule has 66 valence electrons. The lowest BCUT2D eigenvalue weighted by atomic mass is 10.2. The van der Waals surface area contributed by atoms with E-state index in [0.29, 0.717) is 15.9 Å². The number of phenols is 1. The summed E-state index contributed by atoms with van der Waals surface area (Å²) >= 11 is 4.11. The van der Waals surface area contributed by atoms with Gasteiger partial charge in [-0.1, -0.05) is 0 Å². The van der Waals surface area contributed by atoms with Gasteiger partial charge in [0, 0.05) is 22.4 Å². The molecule has 0 atom stereocenters. The summed E-state index contributed by atoms with van der Waals surface area (Å²) in [5, 5.41) is 9.83. The Bertz CT molecular complexity index is 516. The molecule has 3 nitrogen and oxygen atoms in total. The van der Waals surface area contributed by atoms with E-state index in [0.717, 1.165) is 0 Å². The van der Waals surface area contributed by atoms with E-state index in [2.05, 4.69) is 12.6 Å². The van der Waals surface area contributed by atoms with Crippen LogP contribution < -0.4 is 5.63 Å². The minimum atomic E-state index is -0.469. The first-order valence-electron chi connectivity index (χ1n) is 3.62. The summed E-state index contributed by atoms with van der Waals surface area (Å²) in [5.41, 5.74) is -0.124. The fourth-order valence-corrected chi connectivity index (χ4v) is 1.42. The highest BCUT2D eigenvalue weighted by Gasteiger charge is 2.02. The van der Waals surface area contributed by atoms with Gasteiger partial charge in [0.1, 0.15) is 11.3 Å². The van der Waals surface area contributed by atoms with Crippen molar-refractivity contribution in [2.75, 3.05) is 0 Å². The Morgan fingerprint density at radius 3 is 2.85 bits per heavy atom. The van der Waals surface area contributed by atoms with Crippen molar-refractivity contribution in [2.24, 2.45) is 0 Å². The Balaban J connectivity index is 2.94. The highest BCUT2D eigenvalue weighted by atomic mass is 32.1. The van der Waals surface area contributed by atoms with E-state index in [-0.39, 0.29) is 5.75 Å². The summed E-state index contributed by atoms with van der Waals surface area (Å²) in [4.78, 5) is 11.5. The average Bonchev–Trinajstić information content (AvgIpc) is 2.02. The molecule has 1 aromatic carbocycles. The molecule has 0 fully saturated rings. The highest BCUT2D eigenvalue weighted by molar-refractivity contribution is 7.80. The molecule has 2 aromatic rings. The van der Waals surface area contributed by atoms with Gasteiger partial charge in [0.25, 0.3) is 0 Å². The first-order valence-corrected chi connectivity index (χ1v) is 4.07. The lowest BCUT2D eigenvalue weighted by Gasteiger charge is -1.98. The van der Waals surface area contributed by atoms with Gasteiger partial charge in [-0.05, 0) is 12.1 Å². The maximum Gasteiger partial charge on any atom is 0.337 e. The SMILES string of the molecule is O=c1cc(S)c2ccc(O)cc2o1. The molecule has 0 aliphatic carbocycles. The van der Waals surface area contributed by atoms with Crippen molar-refractivity contribution in [1.29, 1.82) is 0 Å². The van der Waals surface area contributed by atoms with Crippen LogP contribution in [-0.2, 0) is 0 Å². The van der Waals surface area contributed by atoms with Gasteiger partial charge < -0.3 is 9.52 Å². The van der Waals surface area contributed by atoms with E-state index in [4.69, 9.17) is 9.52 Å². The maximum absolute atomic E-state index is 10.9. The van der Waals surface area contributed by atoms with Crippen LogP contribution in [0.15, 0.2) is 38.4 Å². The fourth-order valence-electron chi connectivity index (χ4n) is 1.13. The lowest BCUT2D eigenvalue weighted by molar-refractivity contribution is 0.473. The van der Waals surface area contributed by atoms with Crippen molar-refractivity contribution in [3.63, 3.8) is 0 Å². The van der Waals surface area contributed by atoms with Crippen LogP contribution >= 0.6 is 12.6 Å². The van der Waals surface area contributed by atoms with Crippen molar-refractivity contribution in [1.82, 2.24) is 0 Å². The zero-order valence-corrected chi connectivity index (χ0v) is 7.41. The molecule has 0 radical (unpaired) electrons. The summed E-state index contributed by atoms with van der Waals surface area (Å²) in [6.07, 6.45) is 0. The Morgan fingerprint density at radius 1 is 1.31 bits per heavy atom. The Morgan fingerprint density at radius 2 is 2.08 bits per heavy atom. The van der Waals surface area contributed by atoms with Gasteiger partial charge in [0.05, 0.1) is 0 Å². The van der Waals surface area contributed by atoms with Gasteiger partial charge in [-0.15, -0.1) is 12.6 Å². The van der Waals surface area contributed by atoms with E-state index in [1.165, 1.54) is 18.2 Å². The molecule has 1 heterocycles. The fraction of sp³-hybridized carbons (Fsp3) is 0. The molecular weight excluding hydrogens is 188 g/mol. The van der Waals surface area contributed by atoms with Crippen molar-refractivity contribution >= 4 is 23.6 Å². The number of aromatic hydroxyl groups is 1. The van der Waals surface area contributed by atoms with Crippen molar-refractivity contribution in [3.8, 4) is 5.75 Å². The zero-order chi connectivity index (χ0) is 9.42. The van der Waals surface area contributed by atoms with Crippen LogP contribution in [0.4, 0.5) is 0 Å². The summed E-state index contributed by atoms with van der Waals surface area (Å²) in [7, 11) is 0. The number of benzene rings is 1. The molecule has 2 rings (SSSR count). The topological polar surface area (TPSA) is 50.4 Å². The molecule has 0 saturated heterocycles. The molecule has 1 N–H and O–H groups in total. The maximum atomic E-state index is 10.9. The third-order valence-electron chi connectivity index (χ3n) is 1.71. The number of thiol groups is 1. The molecule has 0 aliphatic rings. The number of hydrogen-bond donors (Lipinski definition) is 2. The molecular formula is C9H6O3S. The predicted molar refractivity (Wildman–Crippen MR) is 51.4 cm³/mol. The first-order chi connectivity index (χ1) is 6.16. The third-order valence-corrected chi connectivity index (χ3v) is 2.08. The van der Waals surface area contributed by atoms with E-state index in [1.54, 1.807) is 6.07 Å². The Hall–Kier alpha value is -1.42. The number of hydrogen-bond acceptors (Lipinski definition) is 4. The second kappa shape index (κ2) is 2.81. The Kier molecular flexibility index (Phi) is 1.77. The van der Waals surface area contributed by atoms with Gasteiger partial charge in [-0.2, -0.15) is 0 Å². The van der Waals surface area contributed by atoms with E-state index >= 15 is 0 Å². The number of rotatable bonds is 0. The van der Waals surface area contributed by atoms with E-state index < -0.39 is 5.63 Å². The van der Waals surface area contributed by atoms with Crippen LogP contribution in [0.5, 0.6) is 5.75 Å². The molecule has 13 heavy (non-hydrogen) atoms. The summed E-state index contributed by atoms with van der Waals surface area (Å²) < 4.78 is 4.86. The molecule has 0 spiro atoms. The van der Waals surface area contributed by atoms with Gasteiger partial charge in [-0.3, -0.25) is 0 Å². The second-order valence-electron chi connectivity index (χ2n) is 2.63. The summed E-state index contributed by atoms with van der Waals surface area (Å²) in [6.45, 7) is 0. The summed E-state index contributed by atoms with van der Waals surface area (Å²) in [5.74, 6) is 0.0644. The van der Waals surface area contributed by atoms with Crippen LogP contribution in [0.3, 0.4) is 0 Å². The molecule has 0 saturated carbocycles. The van der Waals surface area contributed by atoms with Crippen LogP contribution in [0.1, 0.15) is 0 Å². The molecule has 4 heteroatoms. The highest BCUT2D eigenvalue weighted by Crippen LogP contribution is 2.23. The number of fused-ring (bicyclic) bond motifs is 1. The second-order valence-corrected chi connectivity index (χ2v) is 3.11. The first kappa shape index (κ1) is 8.19. The summed E-state index contributed by atoms with van der Waals surface area (Å²) in [6, 6.07) is 5.84. The third kappa shape index (κ3) is 1.40. The molecule has 0 bridgehead atoms. The van der Waals surface area contributed by atoms with Crippen LogP contribution in [-0.4, -0.2) is 5.11 Å². The predicted octanol–water partition coefficient (Wildman–Crippen LogP) is 1.79. The van der Waals surface area contributed by atoms with Crippen LogP contribution in [0.2, 0.25) is 0 Å². The lowest BCUT2D eigenvalue weighted by Crippen LogP contribution is -1.95. The Labute approximate surface area is 79.0 Å². The molecule has 0 amide bonds. The minimum Gasteiger partial charge on any atom is -0.508 e. The van der Waals surface area contributed by atoms with E-state index in [1.807, 2.05) is 0 Å². The monoisotopic (exact) mass is 194 g/mol. The smallest absolute Gasteiger partial charge is 0.337 e. The van der Waals surface area contributed by atoms with Gasteiger partial charge >= 0.3 is 5.63 Å². The largest absolute Gasteiger partial charge is 0.508 e.